The molecule has 0 atom stereocenters. The van der Waals surface area contributed by atoms with Crippen molar-refractivity contribution >= 4 is 22.8 Å². The van der Waals surface area contributed by atoms with E-state index in [4.69, 9.17) is 0 Å². The van der Waals surface area contributed by atoms with E-state index >= 15 is 0 Å². The summed E-state index contributed by atoms with van der Waals surface area (Å²) in [5.41, 5.74) is 2.59. The SMILES string of the molecule is CCNc1nc2ccccc2n1CC(=O)c1ccccc1. The van der Waals surface area contributed by atoms with E-state index in [1.807, 2.05) is 66.1 Å². The molecule has 0 saturated heterocycles. The Hall–Kier alpha value is -2.62. The van der Waals surface area contributed by atoms with E-state index in [0.717, 1.165) is 29.1 Å². The molecule has 0 amide bonds. The second kappa shape index (κ2) is 5.79. The quantitative estimate of drug-likeness (QED) is 0.729. The number of rotatable bonds is 5. The highest BCUT2D eigenvalue weighted by atomic mass is 16.1. The second-order valence-corrected chi connectivity index (χ2v) is 4.83. The van der Waals surface area contributed by atoms with E-state index in [1.54, 1.807) is 0 Å². The van der Waals surface area contributed by atoms with E-state index < -0.39 is 0 Å². The third-order valence-corrected chi connectivity index (χ3v) is 3.39. The van der Waals surface area contributed by atoms with Crippen molar-refractivity contribution in [1.29, 1.82) is 0 Å². The summed E-state index contributed by atoms with van der Waals surface area (Å²) in [6.07, 6.45) is 0. The molecular formula is C17H17N3O. The zero-order valence-corrected chi connectivity index (χ0v) is 11.9. The molecule has 0 fully saturated rings. The van der Waals surface area contributed by atoms with Gasteiger partial charge in [-0.1, -0.05) is 42.5 Å². The third-order valence-electron chi connectivity index (χ3n) is 3.39. The van der Waals surface area contributed by atoms with Gasteiger partial charge < -0.3 is 9.88 Å². The van der Waals surface area contributed by atoms with Crippen LogP contribution in [0.2, 0.25) is 0 Å². The summed E-state index contributed by atoms with van der Waals surface area (Å²) in [6.45, 7) is 3.07. The van der Waals surface area contributed by atoms with Gasteiger partial charge in [0.05, 0.1) is 17.6 Å². The molecule has 106 valence electrons. The summed E-state index contributed by atoms with van der Waals surface area (Å²) in [5.74, 6) is 0.820. The number of carbonyl (C=O) groups is 1. The monoisotopic (exact) mass is 279 g/mol. The molecule has 4 heteroatoms. The van der Waals surface area contributed by atoms with Gasteiger partial charge in [0.2, 0.25) is 5.95 Å². The van der Waals surface area contributed by atoms with Crippen molar-refractivity contribution in [2.75, 3.05) is 11.9 Å². The van der Waals surface area contributed by atoms with Crippen LogP contribution in [-0.2, 0) is 6.54 Å². The van der Waals surface area contributed by atoms with Gasteiger partial charge in [0.15, 0.2) is 5.78 Å². The van der Waals surface area contributed by atoms with Crippen molar-refractivity contribution < 1.29 is 4.79 Å². The van der Waals surface area contributed by atoms with Crippen molar-refractivity contribution in [3.63, 3.8) is 0 Å². The van der Waals surface area contributed by atoms with E-state index in [2.05, 4.69) is 10.3 Å². The van der Waals surface area contributed by atoms with Gasteiger partial charge in [0.25, 0.3) is 0 Å². The Morgan fingerprint density at radius 1 is 1.10 bits per heavy atom. The molecule has 0 saturated carbocycles. The highest BCUT2D eigenvalue weighted by Crippen LogP contribution is 2.20. The first kappa shape index (κ1) is 13.4. The molecule has 1 heterocycles. The molecular weight excluding hydrogens is 262 g/mol. The number of nitrogens with one attached hydrogen (secondary N) is 1. The predicted molar refractivity (Wildman–Crippen MR) is 84.7 cm³/mol. The summed E-state index contributed by atoms with van der Waals surface area (Å²) >= 11 is 0. The van der Waals surface area contributed by atoms with Gasteiger partial charge in [-0.2, -0.15) is 0 Å². The van der Waals surface area contributed by atoms with Crippen LogP contribution < -0.4 is 5.32 Å². The minimum Gasteiger partial charge on any atom is -0.356 e. The summed E-state index contributed by atoms with van der Waals surface area (Å²) in [4.78, 5) is 17.0. The Morgan fingerprint density at radius 3 is 2.57 bits per heavy atom. The van der Waals surface area contributed by atoms with Crippen LogP contribution in [0.15, 0.2) is 54.6 Å². The minimum atomic E-state index is 0.0814. The standard InChI is InChI=1S/C17H17N3O/c1-2-18-17-19-14-10-6-7-11-15(14)20(17)12-16(21)13-8-4-3-5-9-13/h3-11H,2,12H2,1H3,(H,18,19). The fourth-order valence-corrected chi connectivity index (χ4v) is 2.39. The molecule has 21 heavy (non-hydrogen) atoms. The van der Waals surface area contributed by atoms with E-state index in [9.17, 15) is 4.79 Å². The maximum atomic E-state index is 12.4. The van der Waals surface area contributed by atoms with Gasteiger partial charge >= 0.3 is 0 Å². The third kappa shape index (κ3) is 2.65. The molecule has 0 bridgehead atoms. The highest BCUT2D eigenvalue weighted by Gasteiger charge is 2.13. The summed E-state index contributed by atoms with van der Waals surface area (Å²) in [6, 6.07) is 17.2. The number of nitrogens with zero attached hydrogens (tertiary/aromatic N) is 2. The van der Waals surface area contributed by atoms with Crippen LogP contribution in [0.5, 0.6) is 0 Å². The maximum Gasteiger partial charge on any atom is 0.204 e. The van der Waals surface area contributed by atoms with Crippen molar-refractivity contribution in [3.05, 3.63) is 60.2 Å². The van der Waals surface area contributed by atoms with Crippen LogP contribution in [0, 0.1) is 0 Å². The lowest BCUT2D eigenvalue weighted by atomic mass is 10.1. The first-order valence-electron chi connectivity index (χ1n) is 7.07. The second-order valence-electron chi connectivity index (χ2n) is 4.83. The number of imidazole rings is 1. The average molecular weight is 279 g/mol. The normalized spacial score (nSPS) is 10.7. The predicted octanol–water partition coefficient (Wildman–Crippen LogP) is 3.35. The molecule has 2 aromatic carbocycles. The molecule has 1 aromatic heterocycles. The fraction of sp³-hybridized carbons (Fsp3) is 0.176. The average Bonchev–Trinajstić information content (AvgIpc) is 2.86. The van der Waals surface area contributed by atoms with Crippen LogP contribution in [0.1, 0.15) is 17.3 Å². The number of aromatic nitrogens is 2. The zero-order chi connectivity index (χ0) is 14.7. The lowest BCUT2D eigenvalue weighted by molar-refractivity contribution is 0.0974. The van der Waals surface area contributed by atoms with Crippen LogP contribution in [0.4, 0.5) is 5.95 Å². The molecule has 1 N–H and O–H groups in total. The number of carbonyl (C=O) groups excluding carboxylic acids is 1. The van der Waals surface area contributed by atoms with Gasteiger partial charge in [0.1, 0.15) is 0 Å². The van der Waals surface area contributed by atoms with E-state index in [0.29, 0.717) is 0 Å². The van der Waals surface area contributed by atoms with Gasteiger partial charge in [-0.25, -0.2) is 4.98 Å². The largest absolute Gasteiger partial charge is 0.356 e. The van der Waals surface area contributed by atoms with Gasteiger partial charge in [0, 0.05) is 12.1 Å². The van der Waals surface area contributed by atoms with Crippen LogP contribution in [-0.4, -0.2) is 21.9 Å². The topological polar surface area (TPSA) is 46.9 Å². The first-order valence-corrected chi connectivity index (χ1v) is 7.07. The molecule has 4 nitrogen and oxygen atoms in total. The number of fused-ring (bicyclic) bond motifs is 1. The molecule has 0 aliphatic carbocycles. The lowest BCUT2D eigenvalue weighted by Crippen LogP contribution is -2.14. The van der Waals surface area contributed by atoms with E-state index in [1.165, 1.54) is 0 Å². The fourth-order valence-electron chi connectivity index (χ4n) is 2.39. The van der Waals surface area contributed by atoms with Crippen molar-refractivity contribution in [2.45, 2.75) is 13.5 Å². The molecule has 0 spiro atoms. The van der Waals surface area contributed by atoms with Crippen molar-refractivity contribution in [3.8, 4) is 0 Å². The molecule has 0 radical (unpaired) electrons. The number of para-hydroxylation sites is 2. The number of Topliss-reactive ketones (excluding diaryl/α,β-unsaturated/α-hetero) is 1. The summed E-state index contributed by atoms with van der Waals surface area (Å²) in [5, 5.41) is 3.22. The van der Waals surface area contributed by atoms with Crippen LogP contribution in [0.3, 0.4) is 0 Å². The Balaban J connectivity index is 1.99. The summed E-state index contributed by atoms with van der Waals surface area (Å²) < 4.78 is 1.94. The Kier molecular flexibility index (Phi) is 3.69. The smallest absolute Gasteiger partial charge is 0.204 e. The van der Waals surface area contributed by atoms with Crippen molar-refractivity contribution in [2.24, 2.45) is 0 Å². The van der Waals surface area contributed by atoms with E-state index in [-0.39, 0.29) is 12.3 Å². The maximum absolute atomic E-state index is 12.4. The Bertz CT molecular complexity index is 762. The van der Waals surface area contributed by atoms with Crippen molar-refractivity contribution in [1.82, 2.24) is 9.55 Å². The Labute approximate surface area is 123 Å². The van der Waals surface area contributed by atoms with Crippen LogP contribution in [0.25, 0.3) is 11.0 Å². The van der Waals surface area contributed by atoms with Gasteiger partial charge in [-0.3, -0.25) is 4.79 Å². The molecule has 0 unspecified atom stereocenters. The number of ketones is 1. The van der Waals surface area contributed by atoms with Gasteiger partial charge in [-0.15, -0.1) is 0 Å². The molecule has 0 aliphatic rings. The number of anilines is 1. The first-order chi connectivity index (χ1) is 10.3. The minimum absolute atomic E-state index is 0.0814. The summed E-state index contributed by atoms with van der Waals surface area (Å²) in [7, 11) is 0. The molecule has 0 aliphatic heterocycles. The lowest BCUT2D eigenvalue weighted by Gasteiger charge is -2.09. The zero-order valence-electron chi connectivity index (χ0n) is 11.9. The highest BCUT2D eigenvalue weighted by molar-refractivity contribution is 5.97. The van der Waals surface area contributed by atoms with Gasteiger partial charge in [-0.05, 0) is 19.1 Å². The molecule has 3 aromatic rings. The number of hydrogen-bond donors (Lipinski definition) is 1. The molecule has 3 rings (SSSR count). The number of benzene rings is 2. The number of hydrogen-bond acceptors (Lipinski definition) is 3. The Morgan fingerprint density at radius 2 is 1.81 bits per heavy atom. The van der Waals surface area contributed by atoms with Crippen LogP contribution >= 0.6 is 0 Å².